The lowest BCUT2D eigenvalue weighted by Gasteiger charge is -2.23. The van der Waals surface area contributed by atoms with Gasteiger partial charge in [0.1, 0.15) is 5.75 Å². The molecule has 0 saturated heterocycles. The summed E-state index contributed by atoms with van der Waals surface area (Å²) in [4.78, 5) is 13.2. The predicted molar refractivity (Wildman–Crippen MR) is 111 cm³/mol. The Balaban J connectivity index is 2.43. The minimum Gasteiger partial charge on any atom is -0.495 e. The quantitative estimate of drug-likeness (QED) is 0.728. The van der Waals surface area contributed by atoms with Crippen molar-refractivity contribution in [1.82, 2.24) is 4.31 Å². The van der Waals surface area contributed by atoms with Crippen LogP contribution in [0.1, 0.15) is 31.7 Å². The van der Waals surface area contributed by atoms with Crippen LogP contribution in [0.4, 0.5) is 5.69 Å². The van der Waals surface area contributed by atoms with Crippen LogP contribution in [0, 0.1) is 5.92 Å². The predicted octanol–water partition coefficient (Wildman–Crippen LogP) is 3.71. The monoisotopic (exact) mass is 404 g/mol. The fourth-order valence-electron chi connectivity index (χ4n) is 3.00. The standard InChI is InChI=1S/C21H28N2O4S/c1-6-15(2)20(16-10-8-7-9-11-16)21(24)22-18-14-17(12-13-19(18)27-5)28(25,26)23(3)4/h7-15,20H,6H2,1-5H3,(H,22,24)/t15-,20-/m1/s1. The van der Waals surface area contributed by atoms with Gasteiger partial charge in [-0.15, -0.1) is 0 Å². The summed E-state index contributed by atoms with van der Waals surface area (Å²) >= 11 is 0. The molecule has 0 aliphatic carbocycles. The van der Waals surface area contributed by atoms with E-state index in [1.165, 1.54) is 33.3 Å². The van der Waals surface area contributed by atoms with Gasteiger partial charge in [-0.2, -0.15) is 0 Å². The van der Waals surface area contributed by atoms with Crippen molar-refractivity contribution in [3.05, 3.63) is 54.1 Å². The third-order valence-electron chi connectivity index (χ3n) is 4.86. The van der Waals surface area contributed by atoms with Gasteiger partial charge in [0.15, 0.2) is 0 Å². The third-order valence-corrected chi connectivity index (χ3v) is 6.67. The maximum absolute atomic E-state index is 13.1. The maximum Gasteiger partial charge on any atom is 0.242 e. The number of methoxy groups -OCH3 is 1. The molecule has 1 N–H and O–H groups in total. The van der Waals surface area contributed by atoms with Crippen LogP contribution >= 0.6 is 0 Å². The minimum absolute atomic E-state index is 0.0911. The summed E-state index contributed by atoms with van der Waals surface area (Å²) in [6, 6.07) is 14.0. The van der Waals surface area contributed by atoms with E-state index in [-0.39, 0.29) is 22.6 Å². The molecule has 0 aliphatic rings. The molecule has 28 heavy (non-hydrogen) atoms. The summed E-state index contributed by atoms with van der Waals surface area (Å²) in [6.45, 7) is 4.07. The van der Waals surface area contributed by atoms with Crippen LogP contribution in [0.2, 0.25) is 0 Å². The van der Waals surface area contributed by atoms with Crippen molar-refractivity contribution < 1.29 is 17.9 Å². The topological polar surface area (TPSA) is 75.7 Å². The Bertz CT molecular complexity index is 911. The van der Waals surface area contributed by atoms with E-state index in [0.29, 0.717) is 11.4 Å². The first-order chi connectivity index (χ1) is 13.2. The molecule has 0 aromatic heterocycles. The summed E-state index contributed by atoms with van der Waals surface area (Å²) in [5, 5.41) is 2.88. The molecule has 2 rings (SSSR count). The summed E-state index contributed by atoms with van der Waals surface area (Å²) < 4.78 is 31.4. The molecule has 0 saturated carbocycles. The van der Waals surface area contributed by atoms with Gasteiger partial charge in [0.2, 0.25) is 15.9 Å². The van der Waals surface area contributed by atoms with E-state index in [9.17, 15) is 13.2 Å². The van der Waals surface area contributed by atoms with Crippen LogP contribution in [-0.2, 0) is 14.8 Å². The van der Waals surface area contributed by atoms with Gasteiger partial charge in [-0.05, 0) is 29.7 Å². The molecule has 0 heterocycles. The number of carbonyl (C=O) groups is 1. The average molecular weight is 405 g/mol. The van der Waals surface area contributed by atoms with Gasteiger partial charge in [-0.3, -0.25) is 4.79 Å². The highest BCUT2D eigenvalue weighted by molar-refractivity contribution is 7.89. The summed E-state index contributed by atoms with van der Waals surface area (Å²) in [5.74, 6) is -0.0348. The Morgan fingerprint density at radius 3 is 2.32 bits per heavy atom. The summed E-state index contributed by atoms with van der Waals surface area (Å²) in [7, 11) is 0.782. The highest BCUT2D eigenvalue weighted by atomic mass is 32.2. The van der Waals surface area contributed by atoms with E-state index in [0.717, 1.165) is 16.3 Å². The number of rotatable bonds is 8. The Labute approximate surface area is 167 Å². The van der Waals surface area contributed by atoms with Gasteiger partial charge in [0.25, 0.3) is 0 Å². The molecule has 7 heteroatoms. The molecule has 2 aromatic rings. The summed E-state index contributed by atoms with van der Waals surface area (Å²) in [5.41, 5.74) is 1.25. The molecule has 0 bridgehead atoms. The first kappa shape index (κ1) is 21.9. The number of nitrogens with zero attached hydrogens (tertiary/aromatic N) is 1. The zero-order chi connectivity index (χ0) is 20.9. The fourth-order valence-corrected chi connectivity index (χ4v) is 3.93. The number of ether oxygens (including phenoxy) is 1. The van der Waals surface area contributed by atoms with Crippen LogP contribution in [0.15, 0.2) is 53.4 Å². The van der Waals surface area contributed by atoms with Crippen molar-refractivity contribution in [3.63, 3.8) is 0 Å². The number of carbonyl (C=O) groups excluding carboxylic acids is 1. The second kappa shape index (κ2) is 9.21. The van der Waals surface area contributed by atoms with E-state index in [1.807, 2.05) is 44.2 Å². The molecule has 0 spiro atoms. The van der Waals surface area contributed by atoms with Crippen molar-refractivity contribution in [3.8, 4) is 5.75 Å². The van der Waals surface area contributed by atoms with Crippen molar-refractivity contribution in [1.29, 1.82) is 0 Å². The van der Waals surface area contributed by atoms with E-state index in [4.69, 9.17) is 4.74 Å². The Morgan fingerprint density at radius 2 is 1.79 bits per heavy atom. The van der Waals surface area contributed by atoms with Gasteiger partial charge in [0.05, 0.1) is 23.6 Å². The lowest BCUT2D eigenvalue weighted by Crippen LogP contribution is -2.27. The van der Waals surface area contributed by atoms with Crippen LogP contribution in [-0.4, -0.2) is 39.8 Å². The highest BCUT2D eigenvalue weighted by Crippen LogP contribution is 2.32. The molecule has 1 amide bonds. The number of amides is 1. The molecular weight excluding hydrogens is 376 g/mol. The average Bonchev–Trinajstić information content (AvgIpc) is 2.68. The maximum atomic E-state index is 13.1. The van der Waals surface area contributed by atoms with Gasteiger partial charge in [-0.1, -0.05) is 50.6 Å². The fraction of sp³-hybridized carbons (Fsp3) is 0.381. The highest BCUT2D eigenvalue weighted by Gasteiger charge is 2.27. The number of anilines is 1. The first-order valence-corrected chi connectivity index (χ1v) is 10.6. The molecule has 2 aromatic carbocycles. The molecule has 6 nitrogen and oxygen atoms in total. The second-order valence-electron chi connectivity index (χ2n) is 6.91. The molecule has 152 valence electrons. The minimum atomic E-state index is -3.63. The Morgan fingerprint density at radius 1 is 1.14 bits per heavy atom. The molecular formula is C21H28N2O4S. The third kappa shape index (κ3) is 4.72. The molecule has 0 aliphatic heterocycles. The van der Waals surface area contributed by atoms with Crippen LogP contribution in [0.3, 0.4) is 0 Å². The normalized spacial score (nSPS) is 13.8. The number of hydrogen-bond donors (Lipinski definition) is 1. The summed E-state index contributed by atoms with van der Waals surface area (Å²) in [6.07, 6.45) is 0.833. The molecule has 0 fully saturated rings. The van der Waals surface area contributed by atoms with Crippen molar-refractivity contribution >= 4 is 21.6 Å². The number of benzene rings is 2. The van der Waals surface area contributed by atoms with Crippen molar-refractivity contribution in [2.45, 2.75) is 31.1 Å². The van der Waals surface area contributed by atoms with Crippen molar-refractivity contribution in [2.24, 2.45) is 5.92 Å². The zero-order valence-electron chi connectivity index (χ0n) is 17.0. The van der Waals surface area contributed by atoms with Crippen molar-refractivity contribution in [2.75, 3.05) is 26.5 Å². The first-order valence-electron chi connectivity index (χ1n) is 9.18. The zero-order valence-corrected chi connectivity index (χ0v) is 17.8. The largest absolute Gasteiger partial charge is 0.495 e. The lowest BCUT2D eigenvalue weighted by molar-refractivity contribution is -0.118. The van der Waals surface area contributed by atoms with E-state index in [1.54, 1.807) is 6.07 Å². The SMILES string of the molecule is CC[C@@H](C)[C@@H](C(=O)Nc1cc(S(=O)(=O)N(C)C)ccc1OC)c1ccccc1. The van der Waals surface area contributed by atoms with E-state index >= 15 is 0 Å². The smallest absolute Gasteiger partial charge is 0.242 e. The number of sulfonamides is 1. The van der Waals surface area contributed by atoms with Gasteiger partial charge >= 0.3 is 0 Å². The molecule has 0 radical (unpaired) electrons. The van der Waals surface area contributed by atoms with Gasteiger partial charge in [0, 0.05) is 14.1 Å². The number of nitrogens with one attached hydrogen (secondary N) is 1. The Hall–Kier alpha value is -2.38. The molecule has 0 unspecified atom stereocenters. The van der Waals surface area contributed by atoms with E-state index in [2.05, 4.69) is 5.32 Å². The van der Waals surface area contributed by atoms with Gasteiger partial charge in [-0.25, -0.2) is 12.7 Å². The Kier molecular flexibility index (Phi) is 7.21. The second-order valence-corrected chi connectivity index (χ2v) is 9.06. The van der Waals surface area contributed by atoms with Crippen LogP contribution in [0.25, 0.3) is 0 Å². The van der Waals surface area contributed by atoms with Crippen LogP contribution < -0.4 is 10.1 Å². The van der Waals surface area contributed by atoms with E-state index < -0.39 is 10.0 Å². The lowest BCUT2D eigenvalue weighted by atomic mass is 9.85. The van der Waals surface area contributed by atoms with Gasteiger partial charge < -0.3 is 10.1 Å². The molecule has 2 atom stereocenters. The number of hydrogen-bond acceptors (Lipinski definition) is 4. The van der Waals surface area contributed by atoms with Crippen LogP contribution in [0.5, 0.6) is 5.75 Å².